The first-order chi connectivity index (χ1) is 10.1. The quantitative estimate of drug-likeness (QED) is 0.605. The second-order valence-electron chi connectivity index (χ2n) is 5.20. The molecular weight excluding hydrogens is 271 g/mol. The van der Waals surface area contributed by atoms with Crippen molar-refractivity contribution < 1.29 is 18.7 Å². The molecule has 0 aliphatic carbocycles. The van der Waals surface area contributed by atoms with Gasteiger partial charge in [0.15, 0.2) is 5.78 Å². The minimum atomic E-state index is -0.450. The summed E-state index contributed by atoms with van der Waals surface area (Å²) in [7, 11) is 1.46. The number of methoxy groups -OCH3 is 1. The van der Waals surface area contributed by atoms with E-state index in [-0.39, 0.29) is 18.0 Å². The standard InChI is InChI=1S/C17H25FO3/c1-4-6-7-13(5-2)11-21-12-16(19)15-10-14(18)8-9-17(15)20-3/h8-10,13H,4-7,11-12H2,1-3H3. The van der Waals surface area contributed by atoms with Crippen LogP contribution in [0.4, 0.5) is 4.39 Å². The van der Waals surface area contributed by atoms with Crippen molar-refractivity contribution in [2.24, 2.45) is 5.92 Å². The van der Waals surface area contributed by atoms with Crippen LogP contribution in [0.1, 0.15) is 49.9 Å². The monoisotopic (exact) mass is 296 g/mol. The number of rotatable bonds is 10. The second-order valence-corrected chi connectivity index (χ2v) is 5.20. The number of carbonyl (C=O) groups excluding carboxylic acids is 1. The van der Waals surface area contributed by atoms with Gasteiger partial charge >= 0.3 is 0 Å². The Bertz CT molecular complexity index is 446. The van der Waals surface area contributed by atoms with Gasteiger partial charge in [0, 0.05) is 6.61 Å². The summed E-state index contributed by atoms with van der Waals surface area (Å²) in [6.45, 7) is 4.82. The van der Waals surface area contributed by atoms with E-state index < -0.39 is 5.82 Å². The van der Waals surface area contributed by atoms with Gasteiger partial charge in [0.1, 0.15) is 18.2 Å². The van der Waals surface area contributed by atoms with Gasteiger partial charge in [-0.15, -0.1) is 0 Å². The Kier molecular flexibility index (Phi) is 7.98. The van der Waals surface area contributed by atoms with Gasteiger partial charge in [-0.1, -0.05) is 33.1 Å². The minimum absolute atomic E-state index is 0.0392. The van der Waals surface area contributed by atoms with Crippen LogP contribution < -0.4 is 4.74 Å². The van der Waals surface area contributed by atoms with E-state index >= 15 is 0 Å². The Morgan fingerprint density at radius 3 is 2.71 bits per heavy atom. The molecule has 0 saturated heterocycles. The Balaban J connectivity index is 2.52. The molecule has 1 rings (SSSR count). The van der Waals surface area contributed by atoms with E-state index in [1.165, 1.54) is 31.7 Å². The van der Waals surface area contributed by atoms with Gasteiger partial charge in [-0.05, 0) is 30.5 Å². The predicted octanol–water partition coefficient (Wildman–Crippen LogP) is 4.25. The lowest BCUT2D eigenvalue weighted by Gasteiger charge is -2.14. The highest BCUT2D eigenvalue weighted by molar-refractivity contribution is 5.99. The maximum Gasteiger partial charge on any atom is 0.192 e. The average Bonchev–Trinajstić information content (AvgIpc) is 2.50. The lowest BCUT2D eigenvalue weighted by atomic mass is 10.0. The van der Waals surface area contributed by atoms with Crippen molar-refractivity contribution >= 4 is 5.78 Å². The molecule has 0 aromatic heterocycles. The van der Waals surface area contributed by atoms with Gasteiger partial charge < -0.3 is 9.47 Å². The van der Waals surface area contributed by atoms with E-state index in [0.29, 0.717) is 18.3 Å². The molecule has 0 N–H and O–H groups in total. The first-order valence-electron chi connectivity index (χ1n) is 7.56. The van der Waals surface area contributed by atoms with E-state index in [4.69, 9.17) is 9.47 Å². The van der Waals surface area contributed by atoms with Crippen molar-refractivity contribution in [1.29, 1.82) is 0 Å². The summed E-state index contributed by atoms with van der Waals surface area (Å²) < 4.78 is 23.8. The summed E-state index contributed by atoms with van der Waals surface area (Å²) in [5.74, 6) is 0.153. The molecule has 21 heavy (non-hydrogen) atoms. The fraction of sp³-hybridized carbons (Fsp3) is 0.588. The number of hydrogen-bond donors (Lipinski definition) is 0. The first kappa shape index (κ1) is 17.6. The molecule has 0 saturated carbocycles. The van der Waals surface area contributed by atoms with Crippen molar-refractivity contribution in [3.63, 3.8) is 0 Å². The summed E-state index contributed by atoms with van der Waals surface area (Å²) in [6, 6.07) is 3.92. The third-order valence-corrected chi connectivity index (χ3v) is 3.59. The molecule has 118 valence electrons. The van der Waals surface area contributed by atoms with Crippen LogP contribution in [-0.4, -0.2) is 26.1 Å². The summed E-state index contributed by atoms with van der Waals surface area (Å²) in [4.78, 5) is 12.1. The maximum absolute atomic E-state index is 13.2. The first-order valence-corrected chi connectivity index (χ1v) is 7.56. The molecule has 0 aliphatic heterocycles. The zero-order valence-corrected chi connectivity index (χ0v) is 13.2. The molecule has 0 fully saturated rings. The maximum atomic E-state index is 13.2. The zero-order valence-electron chi connectivity index (χ0n) is 13.2. The summed E-state index contributed by atoms with van der Waals surface area (Å²) in [5, 5.41) is 0. The van der Waals surface area contributed by atoms with Gasteiger partial charge in [0.05, 0.1) is 12.7 Å². The summed E-state index contributed by atoms with van der Waals surface area (Å²) in [5.41, 5.74) is 0.235. The van der Waals surface area contributed by atoms with Crippen molar-refractivity contribution in [3.05, 3.63) is 29.6 Å². The lowest BCUT2D eigenvalue weighted by molar-refractivity contribution is 0.0655. The molecule has 1 aromatic carbocycles. The third kappa shape index (κ3) is 5.84. The topological polar surface area (TPSA) is 35.5 Å². The molecule has 3 nitrogen and oxygen atoms in total. The van der Waals surface area contributed by atoms with Crippen LogP contribution in [0.2, 0.25) is 0 Å². The molecule has 1 unspecified atom stereocenters. The van der Waals surface area contributed by atoms with E-state index in [0.717, 1.165) is 19.3 Å². The SMILES string of the molecule is CCCCC(CC)COCC(=O)c1cc(F)ccc1OC. The number of ketones is 1. The molecule has 0 radical (unpaired) electrons. The number of Topliss-reactive ketones (excluding diaryl/α,β-unsaturated/α-hetero) is 1. The van der Waals surface area contributed by atoms with Crippen molar-refractivity contribution in [2.45, 2.75) is 39.5 Å². The van der Waals surface area contributed by atoms with E-state index in [9.17, 15) is 9.18 Å². The zero-order chi connectivity index (χ0) is 15.7. The molecule has 1 atom stereocenters. The normalized spacial score (nSPS) is 12.2. The number of ether oxygens (including phenoxy) is 2. The number of hydrogen-bond acceptors (Lipinski definition) is 3. The molecule has 0 heterocycles. The Hall–Kier alpha value is -1.42. The van der Waals surface area contributed by atoms with E-state index in [2.05, 4.69) is 13.8 Å². The van der Waals surface area contributed by atoms with Crippen LogP contribution in [0.15, 0.2) is 18.2 Å². The number of halogens is 1. The Morgan fingerprint density at radius 1 is 1.33 bits per heavy atom. The highest BCUT2D eigenvalue weighted by Crippen LogP contribution is 2.20. The molecule has 0 aliphatic rings. The average molecular weight is 296 g/mol. The van der Waals surface area contributed by atoms with Crippen LogP contribution in [0.5, 0.6) is 5.75 Å². The van der Waals surface area contributed by atoms with Gasteiger partial charge in [0.2, 0.25) is 0 Å². The molecule has 1 aromatic rings. The van der Waals surface area contributed by atoms with Crippen LogP contribution in [0.25, 0.3) is 0 Å². The lowest BCUT2D eigenvalue weighted by Crippen LogP contribution is -2.15. The Labute approximate surface area is 126 Å². The predicted molar refractivity (Wildman–Crippen MR) is 81.4 cm³/mol. The third-order valence-electron chi connectivity index (χ3n) is 3.59. The molecule has 4 heteroatoms. The fourth-order valence-electron chi connectivity index (χ4n) is 2.19. The number of carbonyl (C=O) groups is 1. The molecular formula is C17H25FO3. The van der Waals surface area contributed by atoms with Crippen molar-refractivity contribution in [1.82, 2.24) is 0 Å². The van der Waals surface area contributed by atoms with Crippen LogP contribution in [-0.2, 0) is 4.74 Å². The molecule has 0 amide bonds. The van der Waals surface area contributed by atoms with Gasteiger partial charge in [-0.3, -0.25) is 4.79 Å². The van der Waals surface area contributed by atoms with Crippen molar-refractivity contribution in [3.8, 4) is 5.75 Å². The molecule has 0 spiro atoms. The Morgan fingerprint density at radius 2 is 2.10 bits per heavy atom. The highest BCUT2D eigenvalue weighted by atomic mass is 19.1. The van der Waals surface area contributed by atoms with Crippen molar-refractivity contribution in [2.75, 3.05) is 20.3 Å². The smallest absolute Gasteiger partial charge is 0.192 e. The summed E-state index contributed by atoms with van der Waals surface area (Å²) in [6.07, 6.45) is 4.49. The van der Waals surface area contributed by atoms with E-state index in [1.807, 2.05) is 0 Å². The summed E-state index contributed by atoms with van der Waals surface area (Å²) >= 11 is 0. The van der Waals surface area contributed by atoms with Crippen LogP contribution >= 0.6 is 0 Å². The van der Waals surface area contributed by atoms with Crippen LogP contribution in [0.3, 0.4) is 0 Å². The number of benzene rings is 1. The fourth-order valence-corrected chi connectivity index (χ4v) is 2.19. The van der Waals surface area contributed by atoms with Gasteiger partial charge in [-0.2, -0.15) is 0 Å². The second kappa shape index (κ2) is 9.50. The van der Waals surface area contributed by atoms with Gasteiger partial charge in [-0.25, -0.2) is 4.39 Å². The van der Waals surface area contributed by atoms with E-state index in [1.54, 1.807) is 0 Å². The van der Waals surface area contributed by atoms with Gasteiger partial charge in [0.25, 0.3) is 0 Å². The van der Waals surface area contributed by atoms with Crippen LogP contribution in [0, 0.1) is 11.7 Å². The highest BCUT2D eigenvalue weighted by Gasteiger charge is 2.14. The largest absolute Gasteiger partial charge is 0.496 e. The number of unbranched alkanes of at least 4 members (excludes halogenated alkanes) is 1. The molecule has 0 bridgehead atoms. The minimum Gasteiger partial charge on any atom is -0.496 e.